The number of aliphatic carboxylic acids is 1. The average Bonchev–Trinajstić information content (AvgIpc) is 2.49. The number of benzene rings is 1. The summed E-state index contributed by atoms with van der Waals surface area (Å²) in [4.78, 5) is 10.9. The number of methoxy groups -OCH3 is 1. The van der Waals surface area contributed by atoms with Crippen LogP contribution in [0.25, 0.3) is 6.08 Å². The lowest BCUT2D eigenvalue weighted by Crippen LogP contribution is -2.01. The third kappa shape index (κ3) is 5.19. The molecular weight excluding hydrogens is 270 g/mol. The molecule has 1 rings (SSSR count). The van der Waals surface area contributed by atoms with Crippen LogP contribution >= 0.6 is 0 Å². The summed E-state index contributed by atoms with van der Waals surface area (Å²) in [5, 5.41) is 17.7. The highest BCUT2D eigenvalue weighted by Gasteiger charge is 2.10. The van der Waals surface area contributed by atoms with Gasteiger partial charge in [-0.15, -0.1) is 0 Å². The summed E-state index contributed by atoms with van der Waals surface area (Å²) in [6.07, 6.45) is 4.37. The molecule has 1 N–H and O–H groups in total. The molecule has 5 nitrogen and oxygen atoms in total. The fraction of sp³-hybridized carbons (Fsp3) is 0.375. The van der Waals surface area contributed by atoms with Gasteiger partial charge in [-0.05, 0) is 24.6 Å². The van der Waals surface area contributed by atoms with Crippen molar-refractivity contribution in [2.24, 2.45) is 0 Å². The SMILES string of the molecule is CCCCCOc1cc(OC)ccc1C=C(C#N)C(=O)O. The summed E-state index contributed by atoms with van der Waals surface area (Å²) in [6, 6.07) is 6.72. The molecule has 0 saturated carbocycles. The van der Waals surface area contributed by atoms with Gasteiger partial charge in [0.15, 0.2) is 0 Å². The van der Waals surface area contributed by atoms with Crippen molar-refractivity contribution in [2.75, 3.05) is 13.7 Å². The van der Waals surface area contributed by atoms with E-state index >= 15 is 0 Å². The zero-order valence-corrected chi connectivity index (χ0v) is 12.3. The molecule has 0 aliphatic heterocycles. The Labute approximate surface area is 124 Å². The maximum Gasteiger partial charge on any atom is 0.346 e. The van der Waals surface area contributed by atoms with E-state index in [4.69, 9.17) is 19.8 Å². The van der Waals surface area contributed by atoms with E-state index in [1.807, 2.05) is 0 Å². The number of carboxylic acids is 1. The van der Waals surface area contributed by atoms with Gasteiger partial charge in [0.1, 0.15) is 23.1 Å². The number of ether oxygens (including phenoxy) is 2. The van der Waals surface area contributed by atoms with Gasteiger partial charge in [0.25, 0.3) is 0 Å². The standard InChI is InChI=1S/C16H19NO4/c1-3-4-5-8-21-15-10-14(20-2)7-6-12(15)9-13(11-17)16(18)19/h6-7,9-10H,3-5,8H2,1-2H3,(H,18,19). The van der Waals surface area contributed by atoms with Gasteiger partial charge in [-0.2, -0.15) is 5.26 Å². The summed E-state index contributed by atoms with van der Waals surface area (Å²) in [7, 11) is 1.55. The second-order valence-corrected chi connectivity index (χ2v) is 4.43. The fourth-order valence-electron chi connectivity index (χ4n) is 1.72. The molecule has 0 fully saturated rings. The second-order valence-electron chi connectivity index (χ2n) is 4.43. The molecule has 112 valence electrons. The van der Waals surface area contributed by atoms with Gasteiger partial charge in [0.05, 0.1) is 13.7 Å². The monoisotopic (exact) mass is 289 g/mol. The van der Waals surface area contributed by atoms with Crippen molar-refractivity contribution in [2.45, 2.75) is 26.2 Å². The molecule has 0 radical (unpaired) electrons. The first kappa shape index (κ1) is 16.6. The Morgan fingerprint density at radius 3 is 2.76 bits per heavy atom. The van der Waals surface area contributed by atoms with Crippen molar-refractivity contribution in [1.29, 1.82) is 5.26 Å². The van der Waals surface area contributed by atoms with Crippen molar-refractivity contribution >= 4 is 12.0 Å². The minimum absolute atomic E-state index is 0.335. The van der Waals surface area contributed by atoms with Gasteiger partial charge in [0.2, 0.25) is 0 Å². The molecule has 5 heteroatoms. The molecule has 0 aliphatic rings. The topological polar surface area (TPSA) is 79.5 Å². The Bertz CT molecular complexity index is 558. The number of nitrogens with zero attached hydrogens (tertiary/aromatic N) is 1. The summed E-state index contributed by atoms with van der Waals surface area (Å²) < 4.78 is 10.8. The van der Waals surface area contributed by atoms with Crippen LogP contribution in [0.4, 0.5) is 0 Å². The third-order valence-electron chi connectivity index (χ3n) is 2.88. The molecule has 0 heterocycles. The minimum atomic E-state index is -1.26. The fourth-order valence-corrected chi connectivity index (χ4v) is 1.72. The first-order valence-corrected chi connectivity index (χ1v) is 6.78. The van der Waals surface area contributed by atoms with Crippen LogP contribution in [0.1, 0.15) is 31.7 Å². The Kier molecular flexibility index (Phi) is 6.82. The molecule has 0 aromatic heterocycles. The van der Waals surface area contributed by atoms with Gasteiger partial charge >= 0.3 is 5.97 Å². The van der Waals surface area contributed by atoms with E-state index in [-0.39, 0.29) is 5.57 Å². The van der Waals surface area contributed by atoms with Crippen LogP contribution in [-0.2, 0) is 4.79 Å². The highest BCUT2D eigenvalue weighted by atomic mass is 16.5. The number of nitriles is 1. The second kappa shape index (κ2) is 8.64. The van der Waals surface area contributed by atoms with Crippen molar-refractivity contribution in [1.82, 2.24) is 0 Å². The maximum absolute atomic E-state index is 10.9. The molecule has 0 aliphatic carbocycles. The van der Waals surface area contributed by atoms with Crippen LogP contribution < -0.4 is 9.47 Å². The molecule has 0 unspecified atom stereocenters. The van der Waals surface area contributed by atoms with E-state index in [2.05, 4.69) is 6.92 Å². The van der Waals surface area contributed by atoms with Crippen molar-refractivity contribution in [3.05, 3.63) is 29.3 Å². The first-order valence-electron chi connectivity index (χ1n) is 6.78. The maximum atomic E-state index is 10.9. The number of carbonyl (C=O) groups is 1. The molecule has 1 aromatic carbocycles. The van der Waals surface area contributed by atoms with Crippen LogP contribution in [0, 0.1) is 11.3 Å². The Balaban J connectivity index is 3.01. The van der Waals surface area contributed by atoms with Crippen LogP contribution in [0.5, 0.6) is 11.5 Å². The molecule has 1 aromatic rings. The highest BCUT2D eigenvalue weighted by molar-refractivity contribution is 5.96. The minimum Gasteiger partial charge on any atom is -0.497 e. The number of unbranched alkanes of at least 4 members (excludes halogenated alkanes) is 2. The van der Waals surface area contributed by atoms with Crippen LogP contribution in [0.3, 0.4) is 0 Å². The predicted octanol–water partition coefficient (Wildman–Crippen LogP) is 3.26. The van der Waals surface area contributed by atoms with E-state index in [0.717, 1.165) is 19.3 Å². The molecule has 0 amide bonds. The van der Waals surface area contributed by atoms with E-state index in [1.165, 1.54) is 6.08 Å². The van der Waals surface area contributed by atoms with Gasteiger partial charge in [-0.1, -0.05) is 19.8 Å². The van der Waals surface area contributed by atoms with Crippen LogP contribution in [-0.4, -0.2) is 24.8 Å². The van der Waals surface area contributed by atoms with Gasteiger partial charge < -0.3 is 14.6 Å². The Hall–Kier alpha value is -2.48. The van der Waals surface area contributed by atoms with E-state index in [1.54, 1.807) is 31.4 Å². The molecule has 0 saturated heterocycles. The Morgan fingerprint density at radius 1 is 1.43 bits per heavy atom. The molecule has 0 atom stereocenters. The first-order chi connectivity index (χ1) is 10.1. The molecular formula is C16H19NO4. The zero-order valence-electron chi connectivity index (χ0n) is 12.3. The smallest absolute Gasteiger partial charge is 0.346 e. The summed E-state index contributed by atoms with van der Waals surface area (Å²) in [6.45, 7) is 2.64. The van der Waals surface area contributed by atoms with E-state index in [0.29, 0.717) is 23.7 Å². The predicted molar refractivity (Wildman–Crippen MR) is 79.2 cm³/mol. The molecule has 0 bridgehead atoms. The normalized spacial score (nSPS) is 10.8. The van der Waals surface area contributed by atoms with E-state index in [9.17, 15) is 4.79 Å². The zero-order chi connectivity index (χ0) is 15.7. The average molecular weight is 289 g/mol. The number of rotatable bonds is 8. The number of carboxylic acid groups (broad SMARTS) is 1. The quantitative estimate of drug-likeness (QED) is 0.451. The summed E-state index contributed by atoms with van der Waals surface area (Å²) in [5.41, 5.74) is 0.213. The van der Waals surface area contributed by atoms with Crippen molar-refractivity contribution in [3.63, 3.8) is 0 Å². The van der Waals surface area contributed by atoms with Gasteiger partial charge in [-0.3, -0.25) is 0 Å². The van der Waals surface area contributed by atoms with Gasteiger partial charge in [0, 0.05) is 11.6 Å². The van der Waals surface area contributed by atoms with Crippen LogP contribution in [0.15, 0.2) is 23.8 Å². The highest BCUT2D eigenvalue weighted by Crippen LogP contribution is 2.27. The lowest BCUT2D eigenvalue weighted by Gasteiger charge is -2.11. The lowest BCUT2D eigenvalue weighted by atomic mass is 10.1. The third-order valence-corrected chi connectivity index (χ3v) is 2.88. The largest absolute Gasteiger partial charge is 0.497 e. The number of hydrogen-bond donors (Lipinski definition) is 1. The number of hydrogen-bond acceptors (Lipinski definition) is 4. The molecule has 0 spiro atoms. The van der Waals surface area contributed by atoms with Crippen molar-refractivity contribution in [3.8, 4) is 17.6 Å². The van der Waals surface area contributed by atoms with Crippen molar-refractivity contribution < 1.29 is 19.4 Å². The Morgan fingerprint density at radius 2 is 2.19 bits per heavy atom. The lowest BCUT2D eigenvalue weighted by molar-refractivity contribution is -0.132. The van der Waals surface area contributed by atoms with E-state index < -0.39 is 5.97 Å². The summed E-state index contributed by atoms with van der Waals surface area (Å²) in [5.74, 6) is -0.129. The van der Waals surface area contributed by atoms with Crippen LogP contribution in [0.2, 0.25) is 0 Å². The summed E-state index contributed by atoms with van der Waals surface area (Å²) >= 11 is 0. The van der Waals surface area contributed by atoms with Gasteiger partial charge in [-0.25, -0.2) is 4.79 Å². The molecule has 21 heavy (non-hydrogen) atoms.